The van der Waals surface area contributed by atoms with Gasteiger partial charge >= 0.3 is 0 Å². The maximum Gasteiger partial charge on any atom is 0.190 e. The fourth-order valence-electron chi connectivity index (χ4n) is 3.42. The lowest BCUT2D eigenvalue weighted by molar-refractivity contribution is -0.350. The van der Waals surface area contributed by atoms with Crippen molar-refractivity contribution in [3.63, 3.8) is 0 Å². The van der Waals surface area contributed by atoms with Crippen LogP contribution in [0.15, 0.2) is 55.1 Å². The van der Waals surface area contributed by atoms with Gasteiger partial charge in [0.25, 0.3) is 0 Å². The molecule has 2 saturated heterocycles. The molecule has 0 aliphatic carbocycles. The van der Waals surface area contributed by atoms with Crippen LogP contribution in [0, 0.1) is 5.92 Å². The number of hydrogen-bond acceptors (Lipinski definition) is 5. The molecule has 0 saturated carbocycles. The van der Waals surface area contributed by atoms with Crippen LogP contribution in [0.1, 0.15) is 18.8 Å². The molecule has 0 radical (unpaired) electrons. The van der Waals surface area contributed by atoms with Crippen molar-refractivity contribution in [2.45, 2.75) is 31.2 Å². The summed E-state index contributed by atoms with van der Waals surface area (Å²) in [6, 6.07) is 9.89. The highest BCUT2D eigenvalue weighted by atomic mass is 16.7. The van der Waals surface area contributed by atoms with Crippen LogP contribution in [-0.4, -0.2) is 44.9 Å². The van der Waals surface area contributed by atoms with Gasteiger partial charge in [-0.2, -0.15) is 0 Å². The van der Waals surface area contributed by atoms with Crippen molar-refractivity contribution in [1.82, 2.24) is 0 Å². The van der Waals surface area contributed by atoms with Crippen molar-refractivity contribution < 1.29 is 23.7 Å². The van der Waals surface area contributed by atoms with Gasteiger partial charge in [-0.15, -0.1) is 6.58 Å². The molecule has 0 N–H and O–H groups in total. The first-order chi connectivity index (χ1) is 12.1. The number of benzene rings is 1. The number of ether oxygens (including phenoxy) is 5. The van der Waals surface area contributed by atoms with Crippen molar-refractivity contribution >= 4 is 0 Å². The molecule has 2 heterocycles. The van der Waals surface area contributed by atoms with Crippen molar-refractivity contribution in [2.75, 3.05) is 26.9 Å². The molecule has 5 unspecified atom stereocenters. The predicted octanol–water partition coefficient (Wildman–Crippen LogP) is 3.24. The second-order valence-corrected chi connectivity index (χ2v) is 6.56. The number of methoxy groups -OCH3 is 1. The standard InChI is InChI=1S/C20H26O5/c1-5-20(24-11-14(2)3)16-12-22-18(15-9-7-6-8-10-15)25-17(16)13-23-19(20)21-4/h5-10,16-19H,1-2,11-13H2,3-4H3. The topological polar surface area (TPSA) is 46.2 Å². The highest BCUT2D eigenvalue weighted by molar-refractivity contribution is 5.17. The van der Waals surface area contributed by atoms with E-state index in [9.17, 15) is 0 Å². The molecule has 0 spiro atoms. The van der Waals surface area contributed by atoms with E-state index in [0.717, 1.165) is 11.1 Å². The van der Waals surface area contributed by atoms with Crippen LogP contribution in [0.25, 0.3) is 0 Å². The summed E-state index contributed by atoms with van der Waals surface area (Å²) in [5, 5.41) is 0. The summed E-state index contributed by atoms with van der Waals surface area (Å²) in [5.74, 6) is -0.0805. The Morgan fingerprint density at radius 1 is 1.28 bits per heavy atom. The number of hydrogen-bond donors (Lipinski definition) is 0. The second-order valence-electron chi connectivity index (χ2n) is 6.56. The van der Waals surface area contributed by atoms with Gasteiger partial charge in [0.05, 0.1) is 25.9 Å². The quantitative estimate of drug-likeness (QED) is 0.740. The fourth-order valence-corrected chi connectivity index (χ4v) is 3.42. The monoisotopic (exact) mass is 346 g/mol. The molecule has 0 bridgehead atoms. The van der Waals surface area contributed by atoms with E-state index in [1.165, 1.54) is 0 Å². The molecule has 136 valence electrons. The van der Waals surface area contributed by atoms with E-state index >= 15 is 0 Å². The van der Waals surface area contributed by atoms with E-state index in [2.05, 4.69) is 13.2 Å². The SMILES string of the molecule is C=CC1(OCC(=C)C)C(OC)OCC2OC(c3ccccc3)OCC21. The average Bonchev–Trinajstić information content (AvgIpc) is 2.66. The minimum atomic E-state index is -0.849. The lowest BCUT2D eigenvalue weighted by Gasteiger charge is -2.52. The third kappa shape index (κ3) is 3.57. The van der Waals surface area contributed by atoms with Gasteiger partial charge in [-0.3, -0.25) is 0 Å². The summed E-state index contributed by atoms with van der Waals surface area (Å²) < 4.78 is 29.8. The van der Waals surface area contributed by atoms with Crippen LogP contribution in [0.3, 0.4) is 0 Å². The largest absolute Gasteiger partial charge is 0.361 e. The summed E-state index contributed by atoms with van der Waals surface area (Å²) in [6.45, 7) is 11.1. The van der Waals surface area contributed by atoms with Crippen LogP contribution in [0.5, 0.6) is 0 Å². The van der Waals surface area contributed by atoms with E-state index in [1.807, 2.05) is 37.3 Å². The molecule has 2 aliphatic rings. The smallest absolute Gasteiger partial charge is 0.190 e. The molecular weight excluding hydrogens is 320 g/mol. The van der Waals surface area contributed by atoms with Gasteiger partial charge in [0.1, 0.15) is 5.60 Å². The van der Waals surface area contributed by atoms with Crippen LogP contribution in [-0.2, 0) is 23.7 Å². The summed E-state index contributed by atoms with van der Waals surface area (Å²) in [5.41, 5.74) is 1.05. The van der Waals surface area contributed by atoms with Crippen LogP contribution in [0.2, 0.25) is 0 Å². The van der Waals surface area contributed by atoms with Gasteiger partial charge in [-0.25, -0.2) is 0 Å². The van der Waals surface area contributed by atoms with Gasteiger partial charge in [-0.1, -0.05) is 48.6 Å². The lowest BCUT2D eigenvalue weighted by Crippen LogP contribution is -2.63. The summed E-state index contributed by atoms with van der Waals surface area (Å²) in [7, 11) is 1.60. The highest BCUT2D eigenvalue weighted by Gasteiger charge is 2.55. The highest BCUT2D eigenvalue weighted by Crippen LogP contribution is 2.43. The Labute approximate surface area is 149 Å². The summed E-state index contributed by atoms with van der Waals surface area (Å²) >= 11 is 0. The van der Waals surface area contributed by atoms with Gasteiger partial charge in [0.2, 0.25) is 0 Å². The Hall–Kier alpha value is -1.50. The van der Waals surface area contributed by atoms with Crippen molar-refractivity contribution in [3.8, 4) is 0 Å². The Morgan fingerprint density at radius 3 is 2.68 bits per heavy atom. The Morgan fingerprint density at radius 2 is 2.04 bits per heavy atom. The first-order valence-corrected chi connectivity index (χ1v) is 8.49. The van der Waals surface area contributed by atoms with Crippen molar-refractivity contribution in [2.24, 2.45) is 5.92 Å². The van der Waals surface area contributed by atoms with Gasteiger partial charge < -0.3 is 23.7 Å². The third-order valence-electron chi connectivity index (χ3n) is 4.71. The second kappa shape index (κ2) is 7.81. The van der Waals surface area contributed by atoms with E-state index in [1.54, 1.807) is 13.2 Å². The number of fused-ring (bicyclic) bond motifs is 1. The average molecular weight is 346 g/mol. The molecule has 2 aliphatic heterocycles. The first-order valence-electron chi connectivity index (χ1n) is 8.49. The van der Waals surface area contributed by atoms with E-state index in [4.69, 9.17) is 23.7 Å². The molecule has 25 heavy (non-hydrogen) atoms. The normalized spacial score (nSPS) is 35.0. The van der Waals surface area contributed by atoms with Crippen LogP contribution >= 0.6 is 0 Å². The molecule has 3 rings (SSSR count). The molecule has 5 heteroatoms. The predicted molar refractivity (Wildman–Crippen MR) is 93.9 cm³/mol. The van der Waals surface area contributed by atoms with E-state index < -0.39 is 18.2 Å². The van der Waals surface area contributed by atoms with Gasteiger partial charge in [-0.05, 0) is 6.92 Å². The zero-order valence-electron chi connectivity index (χ0n) is 14.9. The fraction of sp³-hybridized carbons (Fsp3) is 0.500. The zero-order valence-corrected chi connectivity index (χ0v) is 14.9. The molecule has 5 atom stereocenters. The van der Waals surface area contributed by atoms with Gasteiger partial charge in [0.15, 0.2) is 12.6 Å². The van der Waals surface area contributed by atoms with Crippen LogP contribution < -0.4 is 0 Å². The zero-order chi connectivity index (χ0) is 17.9. The number of rotatable bonds is 6. The molecule has 0 amide bonds. The van der Waals surface area contributed by atoms with Crippen molar-refractivity contribution in [1.29, 1.82) is 0 Å². The minimum absolute atomic E-state index is 0.0805. The third-order valence-corrected chi connectivity index (χ3v) is 4.71. The Kier molecular flexibility index (Phi) is 5.71. The summed E-state index contributed by atoms with van der Waals surface area (Å²) in [4.78, 5) is 0. The van der Waals surface area contributed by atoms with E-state index in [0.29, 0.717) is 19.8 Å². The summed E-state index contributed by atoms with van der Waals surface area (Å²) in [6.07, 6.45) is 0.601. The molecule has 5 nitrogen and oxygen atoms in total. The molecule has 0 aromatic heterocycles. The van der Waals surface area contributed by atoms with Gasteiger partial charge in [0, 0.05) is 18.6 Å². The molecular formula is C20H26O5. The Balaban J connectivity index is 1.81. The Bertz CT molecular complexity index is 601. The molecule has 1 aromatic carbocycles. The molecule has 1 aromatic rings. The van der Waals surface area contributed by atoms with Crippen molar-refractivity contribution in [3.05, 3.63) is 60.7 Å². The maximum absolute atomic E-state index is 6.18. The van der Waals surface area contributed by atoms with E-state index in [-0.39, 0.29) is 12.0 Å². The maximum atomic E-state index is 6.18. The lowest BCUT2D eigenvalue weighted by atomic mass is 9.80. The van der Waals surface area contributed by atoms with Crippen LogP contribution in [0.4, 0.5) is 0 Å². The molecule has 2 fully saturated rings. The first kappa shape index (κ1) is 18.3. The minimum Gasteiger partial charge on any atom is -0.361 e.